The number of Topliss-reactive ketones (excluding diaryl/α,β-unsaturated/α-hetero) is 1. The minimum Gasteiger partial charge on any atom is -0.507 e. The van der Waals surface area contributed by atoms with Gasteiger partial charge in [-0.3, -0.25) is 4.79 Å². The fraction of sp³-hybridized carbons (Fsp3) is 0.364. The van der Waals surface area contributed by atoms with Crippen LogP contribution in [-0.2, 0) is 0 Å². The summed E-state index contributed by atoms with van der Waals surface area (Å²) in [6.07, 6.45) is 0. The molecule has 0 aromatic heterocycles. The molecular weight excluding hydrogens is 192 g/mol. The molecule has 2 nitrogen and oxygen atoms in total. The van der Waals surface area contributed by atoms with Crippen molar-refractivity contribution in [3.05, 3.63) is 23.8 Å². The van der Waals surface area contributed by atoms with E-state index in [-0.39, 0.29) is 11.5 Å². The third-order valence-corrected chi connectivity index (χ3v) is 4.29. The predicted molar refractivity (Wildman–Crippen MR) is 61.1 cm³/mol. The largest absolute Gasteiger partial charge is 0.507 e. The van der Waals surface area contributed by atoms with Crippen LogP contribution in [0.3, 0.4) is 0 Å². The zero-order valence-electron chi connectivity index (χ0n) is 9.09. The normalized spacial score (nSPS) is 11.4. The van der Waals surface area contributed by atoms with E-state index in [1.54, 1.807) is 12.1 Å². The molecule has 0 saturated carbocycles. The number of hydrogen-bond acceptors (Lipinski definition) is 2. The van der Waals surface area contributed by atoms with E-state index in [1.807, 2.05) is 6.07 Å². The first-order valence-corrected chi connectivity index (χ1v) is 8.17. The van der Waals surface area contributed by atoms with E-state index >= 15 is 0 Å². The SMILES string of the molecule is CC(=O)c1ccc([Si](C)(C)C)cc1O. The lowest BCUT2D eigenvalue weighted by atomic mass is 10.1. The van der Waals surface area contributed by atoms with Crippen LogP contribution in [-0.4, -0.2) is 19.0 Å². The molecule has 0 atom stereocenters. The Labute approximate surface area is 85.6 Å². The molecule has 1 aromatic carbocycles. The van der Waals surface area contributed by atoms with Crippen LogP contribution < -0.4 is 5.19 Å². The molecule has 0 aliphatic heterocycles. The summed E-state index contributed by atoms with van der Waals surface area (Å²) in [5, 5.41) is 10.8. The third-order valence-electron chi connectivity index (χ3n) is 2.24. The average molecular weight is 208 g/mol. The summed E-state index contributed by atoms with van der Waals surface area (Å²) in [5.74, 6) is 0.0158. The van der Waals surface area contributed by atoms with E-state index in [9.17, 15) is 9.90 Å². The fourth-order valence-electron chi connectivity index (χ4n) is 1.30. The van der Waals surface area contributed by atoms with Crippen molar-refractivity contribution in [3.8, 4) is 5.75 Å². The van der Waals surface area contributed by atoms with E-state index in [2.05, 4.69) is 19.6 Å². The molecule has 14 heavy (non-hydrogen) atoms. The molecule has 0 amide bonds. The number of carbonyl (C=O) groups is 1. The second kappa shape index (κ2) is 3.57. The fourth-order valence-corrected chi connectivity index (χ4v) is 2.45. The third kappa shape index (κ3) is 2.23. The van der Waals surface area contributed by atoms with Crippen LogP contribution in [0.15, 0.2) is 18.2 Å². The first kappa shape index (κ1) is 11.0. The molecule has 3 heteroatoms. The summed E-state index contributed by atoms with van der Waals surface area (Å²) in [6.45, 7) is 8.07. The minimum atomic E-state index is -1.39. The lowest BCUT2D eigenvalue weighted by molar-refractivity contribution is 0.101. The monoisotopic (exact) mass is 208 g/mol. The van der Waals surface area contributed by atoms with Crippen LogP contribution in [0, 0.1) is 0 Å². The van der Waals surface area contributed by atoms with Gasteiger partial charge >= 0.3 is 0 Å². The van der Waals surface area contributed by atoms with Gasteiger partial charge in [0, 0.05) is 0 Å². The Morgan fingerprint density at radius 2 is 1.86 bits per heavy atom. The lowest BCUT2D eigenvalue weighted by Gasteiger charge is -2.17. The molecule has 0 aliphatic rings. The highest BCUT2D eigenvalue weighted by Crippen LogP contribution is 2.17. The van der Waals surface area contributed by atoms with E-state index < -0.39 is 8.07 Å². The summed E-state index contributed by atoms with van der Waals surface area (Å²) >= 11 is 0. The van der Waals surface area contributed by atoms with Gasteiger partial charge in [0.1, 0.15) is 5.75 Å². The van der Waals surface area contributed by atoms with Crippen molar-refractivity contribution in [2.75, 3.05) is 0 Å². The maximum Gasteiger partial charge on any atom is 0.163 e. The first-order chi connectivity index (χ1) is 6.32. The molecule has 1 rings (SSSR count). The number of rotatable bonds is 2. The Kier molecular flexibility index (Phi) is 2.80. The highest BCUT2D eigenvalue weighted by atomic mass is 28.3. The summed E-state index contributed by atoms with van der Waals surface area (Å²) in [7, 11) is -1.39. The Hall–Kier alpha value is -1.09. The average Bonchev–Trinajstić information content (AvgIpc) is 2.01. The van der Waals surface area contributed by atoms with Gasteiger partial charge in [0.05, 0.1) is 13.6 Å². The molecule has 0 saturated heterocycles. The summed E-state index contributed by atoms with van der Waals surface area (Å²) in [4.78, 5) is 11.1. The molecule has 0 fully saturated rings. The topological polar surface area (TPSA) is 37.3 Å². The van der Waals surface area contributed by atoms with Gasteiger partial charge in [-0.2, -0.15) is 0 Å². The zero-order chi connectivity index (χ0) is 10.9. The second-order valence-corrected chi connectivity index (χ2v) is 9.62. The number of benzene rings is 1. The molecule has 0 bridgehead atoms. The number of phenols is 1. The number of ketones is 1. The van der Waals surface area contributed by atoms with Gasteiger partial charge in [0.2, 0.25) is 0 Å². The molecule has 0 spiro atoms. The molecule has 0 unspecified atom stereocenters. The molecule has 0 aliphatic carbocycles. The summed E-state index contributed by atoms with van der Waals surface area (Å²) < 4.78 is 0. The van der Waals surface area contributed by atoms with Crippen LogP contribution in [0.5, 0.6) is 5.75 Å². The van der Waals surface area contributed by atoms with Crippen molar-refractivity contribution < 1.29 is 9.90 Å². The van der Waals surface area contributed by atoms with Crippen LogP contribution in [0.4, 0.5) is 0 Å². The standard InChI is InChI=1S/C11H16O2Si/c1-8(12)10-6-5-9(7-11(10)13)14(2,3)4/h5-7,13H,1-4H3. The maximum atomic E-state index is 11.1. The number of hydrogen-bond donors (Lipinski definition) is 1. The van der Waals surface area contributed by atoms with Crippen molar-refractivity contribution in [3.63, 3.8) is 0 Å². The molecular formula is C11H16O2Si. The van der Waals surface area contributed by atoms with E-state index in [4.69, 9.17) is 0 Å². The maximum absolute atomic E-state index is 11.1. The number of carbonyl (C=O) groups excluding carboxylic acids is 1. The van der Waals surface area contributed by atoms with Gasteiger partial charge in [0.25, 0.3) is 0 Å². The van der Waals surface area contributed by atoms with Crippen LogP contribution in [0.2, 0.25) is 19.6 Å². The van der Waals surface area contributed by atoms with Gasteiger partial charge in [-0.25, -0.2) is 0 Å². The first-order valence-electron chi connectivity index (χ1n) is 4.67. The van der Waals surface area contributed by atoms with Gasteiger partial charge in [-0.1, -0.05) is 30.9 Å². The Morgan fingerprint density at radius 3 is 2.21 bits per heavy atom. The van der Waals surface area contributed by atoms with Crippen LogP contribution >= 0.6 is 0 Å². The predicted octanol–water partition coefficient (Wildman–Crippen LogP) is 2.14. The Morgan fingerprint density at radius 1 is 1.29 bits per heavy atom. The van der Waals surface area contributed by atoms with Gasteiger partial charge < -0.3 is 5.11 Å². The molecule has 0 heterocycles. The van der Waals surface area contributed by atoms with Crippen LogP contribution in [0.25, 0.3) is 0 Å². The van der Waals surface area contributed by atoms with Crippen molar-refractivity contribution in [2.24, 2.45) is 0 Å². The van der Waals surface area contributed by atoms with E-state index in [0.29, 0.717) is 5.56 Å². The van der Waals surface area contributed by atoms with Gasteiger partial charge in [0.15, 0.2) is 5.78 Å². The summed E-state index contributed by atoms with van der Waals surface area (Å²) in [6, 6.07) is 5.39. The van der Waals surface area contributed by atoms with Crippen molar-refractivity contribution in [1.29, 1.82) is 0 Å². The van der Waals surface area contributed by atoms with Gasteiger partial charge in [-0.05, 0) is 19.1 Å². The quantitative estimate of drug-likeness (QED) is 0.597. The van der Waals surface area contributed by atoms with Crippen molar-refractivity contribution in [1.82, 2.24) is 0 Å². The smallest absolute Gasteiger partial charge is 0.163 e. The number of phenolic OH excluding ortho intramolecular Hbond substituents is 1. The molecule has 1 aromatic rings. The minimum absolute atomic E-state index is 0.0929. The molecule has 1 N–H and O–H groups in total. The van der Waals surface area contributed by atoms with E-state index in [1.165, 1.54) is 12.1 Å². The van der Waals surface area contributed by atoms with Gasteiger partial charge in [-0.15, -0.1) is 0 Å². The van der Waals surface area contributed by atoms with Crippen molar-refractivity contribution in [2.45, 2.75) is 26.6 Å². The zero-order valence-corrected chi connectivity index (χ0v) is 10.1. The van der Waals surface area contributed by atoms with E-state index in [0.717, 1.165) is 0 Å². The highest BCUT2D eigenvalue weighted by Gasteiger charge is 2.18. The molecule has 0 radical (unpaired) electrons. The van der Waals surface area contributed by atoms with Crippen molar-refractivity contribution >= 4 is 19.0 Å². The number of aromatic hydroxyl groups is 1. The molecule has 76 valence electrons. The lowest BCUT2D eigenvalue weighted by Crippen LogP contribution is -2.37. The van der Waals surface area contributed by atoms with Crippen LogP contribution in [0.1, 0.15) is 17.3 Å². The Bertz CT molecular complexity index is 364. The second-order valence-electron chi connectivity index (χ2n) is 4.54. The summed E-state index contributed by atoms with van der Waals surface area (Å²) in [5.41, 5.74) is 0.409. The Balaban J connectivity index is 3.20. The highest BCUT2D eigenvalue weighted by molar-refractivity contribution is 6.88.